The standard InChI is InChI=1S/C34H40N2O4S2/c1-3-28(41-26-17-11-16-25(21-26)35-31(37)23-14-9-6-10-15-23)32(38)36-33-30(34(39)40-4-2)27-19-18-24(20-29(27)42-33)22-12-7-5-8-13-22/h5,7-8,11-13,16-17,21,23-24,28H,3-4,6,9-10,14-15,18-20H2,1-2H3,(H,35,37)(H,36,38). The van der Waals surface area contributed by atoms with E-state index < -0.39 is 0 Å². The van der Waals surface area contributed by atoms with Crippen molar-refractivity contribution in [3.05, 3.63) is 76.2 Å². The first-order chi connectivity index (χ1) is 20.5. The SMILES string of the molecule is CCOC(=O)c1c(NC(=O)C(CC)Sc2cccc(NC(=O)C3CCCCC3)c2)sc2c1CCC(c1ccccc1)C2. The van der Waals surface area contributed by atoms with E-state index in [9.17, 15) is 14.4 Å². The number of rotatable bonds is 10. The molecule has 2 aliphatic rings. The third-order valence-corrected chi connectivity index (χ3v) is 10.8. The molecule has 1 saturated carbocycles. The monoisotopic (exact) mass is 604 g/mol. The predicted octanol–water partition coefficient (Wildman–Crippen LogP) is 8.23. The molecule has 42 heavy (non-hydrogen) atoms. The van der Waals surface area contributed by atoms with Crippen molar-refractivity contribution in [1.29, 1.82) is 0 Å². The summed E-state index contributed by atoms with van der Waals surface area (Å²) in [6.45, 7) is 4.07. The summed E-state index contributed by atoms with van der Waals surface area (Å²) in [5, 5.41) is 6.42. The number of amides is 2. The summed E-state index contributed by atoms with van der Waals surface area (Å²) < 4.78 is 5.43. The fraction of sp³-hybridized carbons (Fsp3) is 0.441. The minimum Gasteiger partial charge on any atom is -0.462 e. The molecule has 2 amide bonds. The van der Waals surface area contributed by atoms with Crippen molar-refractivity contribution in [2.24, 2.45) is 5.92 Å². The van der Waals surface area contributed by atoms with E-state index in [1.807, 2.05) is 37.3 Å². The van der Waals surface area contributed by atoms with E-state index in [2.05, 4.69) is 34.9 Å². The molecule has 222 valence electrons. The van der Waals surface area contributed by atoms with E-state index in [4.69, 9.17) is 4.74 Å². The van der Waals surface area contributed by atoms with Gasteiger partial charge in [-0.1, -0.05) is 62.6 Å². The molecule has 6 nitrogen and oxygen atoms in total. The summed E-state index contributed by atoms with van der Waals surface area (Å²) in [5.41, 5.74) is 3.60. The number of ether oxygens (including phenoxy) is 1. The van der Waals surface area contributed by atoms with E-state index >= 15 is 0 Å². The number of fused-ring (bicyclic) bond motifs is 1. The second-order valence-corrected chi connectivity index (χ2v) is 13.5. The molecule has 0 saturated heterocycles. The van der Waals surface area contributed by atoms with Crippen LogP contribution < -0.4 is 10.6 Å². The van der Waals surface area contributed by atoms with Crippen LogP contribution in [0, 0.1) is 5.92 Å². The Balaban J connectivity index is 1.30. The Morgan fingerprint density at radius 2 is 1.76 bits per heavy atom. The van der Waals surface area contributed by atoms with Gasteiger partial charge in [-0.3, -0.25) is 9.59 Å². The topological polar surface area (TPSA) is 84.5 Å². The van der Waals surface area contributed by atoms with Gasteiger partial charge in [-0.2, -0.15) is 0 Å². The van der Waals surface area contributed by atoms with Gasteiger partial charge in [-0.05, 0) is 80.7 Å². The molecule has 2 aliphatic carbocycles. The maximum absolute atomic E-state index is 13.6. The number of thiophene rings is 1. The second-order valence-electron chi connectivity index (χ2n) is 11.1. The van der Waals surface area contributed by atoms with Gasteiger partial charge in [0.1, 0.15) is 5.00 Å². The number of nitrogens with one attached hydrogen (secondary N) is 2. The molecule has 0 spiro atoms. The number of esters is 1. The Hall–Kier alpha value is -3.10. The van der Waals surface area contributed by atoms with Gasteiger partial charge >= 0.3 is 5.97 Å². The third kappa shape index (κ3) is 7.27. The first-order valence-electron chi connectivity index (χ1n) is 15.2. The molecule has 2 unspecified atom stereocenters. The molecule has 2 aromatic carbocycles. The van der Waals surface area contributed by atoms with Crippen molar-refractivity contribution in [2.75, 3.05) is 17.2 Å². The summed E-state index contributed by atoms with van der Waals surface area (Å²) in [7, 11) is 0. The van der Waals surface area contributed by atoms with Crippen molar-refractivity contribution in [3.8, 4) is 0 Å². The van der Waals surface area contributed by atoms with Crippen LogP contribution in [0.15, 0.2) is 59.5 Å². The molecule has 0 aliphatic heterocycles. The molecule has 1 heterocycles. The lowest BCUT2D eigenvalue weighted by atomic mass is 9.83. The van der Waals surface area contributed by atoms with Crippen LogP contribution >= 0.6 is 23.1 Å². The number of carbonyl (C=O) groups excluding carboxylic acids is 3. The van der Waals surface area contributed by atoms with Gasteiger partial charge in [0.05, 0.1) is 17.4 Å². The molecule has 2 N–H and O–H groups in total. The maximum atomic E-state index is 13.6. The summed E-state index contributed by atoms with van der Waals surface area (Å²) in [5.74, 6) is 0.0518. The molecule has 0 bridgehead atoms. The highest BCUT2D eigenvalue weighted by molar-refractivity contribution is 8.00. The Bertz CT molecular complexity index is 1400. The molecule has 2 atom stereocenters. The Kier molecular flexibility index (Phi) is 10.4. The normalized spacial score (nSPS) is 17.6. The summed E-state index contributed by atoms with van der Waals surface area (Å²) in [4.78, 5) is 41.5. The van der Waals surface area contributed by atoms with Crippen LogP contribution in [0.2, 0.25) is 0 Å². The van der Waals surface area contributed by atoms with Crippen LogP contribution in [0.3, 0.4) is 0 Å². The number of hydrogen-bond donors (Lipinski definition) is 2. The van der Waals surface area contributed by atoms with Crippen molar-refractivity contribution >= 4 is 51.6 Å². The van der Waals surface area contributed by atoms with E-state index in [-0.39, 0.29) is 35.6 Å². The first-order valence-corrected chi connectivity index (χ1v) is 16.9. The minimum absolute atomic E-state index is 0.0809. The van der Waals surface area contributed by atoms with Crippen LogP contribution in [-0.4, -0.2) is 29.6 Å². The number of thioether (sulfide) groups is 1. The Labute approximate surface area is 257 Å². The summed E-state index contributed by atoms with van der Waals surface area (Å²) in [6.07, 6.45) is 8.52. The molecule has 3 aromatic rings. The quantitative estimate of drug-likeness (QED) is 0.180. The van der Waals surface area contributed by atoms with Crippen LogP contribution in [-0.2, 0) is 27.2 Å². The smallest absolute Gasteiger partial charge is 0.341 e. The third-order valence-electron chi connectivity index (χ3n) is 8.27. The molecule has 5 rings (SSSR count). The van der Waals surface area contributed by atoms with Crippen LogP contribution in [0.5, 0.6) is 0 Å². The zero-order chi connectivity index (χ0) is 29.5. The van der Waals surface area contributed by atoms with E-state index in [0.29, 0.717) is 22.9 Å². The summed E-state index contributed by atoms with van der Waals surface area (Å²) >= 11 is 2.99. The number of anilines is 2. The average molecular weight is 605 g/mol. The zero-order valence-electron chi connectivity index (χ0n) is 24.4. The summed E-state index contributed by atoms with van der Waals surface area (Å²) in [6, 6.07) is 18.2. The van der Waals surface area contributed by atoms with Crippen molar-refractivity contribution < 1.29 is 19.1 Å². The van der Waals surface area contributed by atoms with Gasteiger partial charge in [-0.25, -0.2) is 4.79 Å². The zero-order valence-corrected chi connectivity index (χ0v) is 26.1. The minimum atomic E-state index is -0.370. The predicted molar refractivity (Wildman–Crippen MR) is 172 cm³/mol. The van der Waals surface area contributed by atoms with Gasteiger partial charge in [0.2, 0.25) is 11.8 Å². The van der Waals surface area contributed by atoms with Crippen molar-refractivity contribution in [2.45, 2.75) is 87.7 Å². The molecule has 1 aromatic heterocycles. The highest BCUT2D eigenvalue weighted by Gasteiger charge is 2.32. The van der Waals surface area contributed by atoms with Crippen molar-refractivity contribution in [1.82, 2.24) is 0 Å². The number of carbonyl (C=O) groups is 3. The fourth-order valence-electron chi connectivity index (χ4n) is 6.04. The van der Waals surface area contributed by atoms with Crippen LogP contribution in [0.1, 0.15) is 91.1 Å². The van der Waals surface area contributed by atoms with Crippen molar-refractivity contribution in [3.63, 3.8) is 0 Å². The molecule has 0 radical (unpaired) electrons. The average Bonchev–Trinajstić information content (AvgIpc) is 3.38. The lowest BCUT2D eigenvalue weighted by molar-refractivity contribution is -0.120. The molecule has 8 heteroatoms. The maximum Gasteiger partial charge on any atom is 0.341 e. The van der Waals surface area contributed by atoms with Gasteiger partial charge in [0.15, 0.2) is 0 Å². The number of benzene rings is 2. The molecular weight excluding hydrogens is 565 g/mol. The molecule has 1 fully saturated rings. The van der Waals surface area contributed by atoms with E-state index in [0.717, 1.165) is 66.0 Å². The van der Waals surface area contributed by atoms with Crippen LogP contribution in [0.25, 0.3) is 0 Å². The largest absolute Gasteiger partial charge is 0.462 e. The lowest BCUT2D eigenvalue weighted by Crippen LogP contribution is -2.25. The highest BCUT2D eigenvalue weighted by atomic mass is 32.2. The Morgan fingerprint density at radius 1 is 0.976 bits per heavy atom. The highest BCUT2D eigenvalue weighted by Crippen LogP contribution is 2.43. The lowest BCUT2D eigenvalue weighted by Gasteiger charge is -2.23. The van der Waals surface area contributed by atoms with E-state index in [1.54, 1.807) is 6.92 Å². The number of hydrogen-bond acceptors (Lipinski definition) is 6. The fourth-order valence-corrected chi connectivity index (χ4v) is 8.37. The first kappa shape index (κ1) is 30.4. The van der Waals surface area contributed by atoms with Gasteiger partial charge in [0, 0.05) is 21.4 Å². The molecular formula is C34H40N2O4S2. The van der Waals surface area contributed by atoms with Gasteiger partial charge in [0.25, 0.3) is 0 Å². The second kappa shape index (κ2) is 14.4. The van der Waals surface area contributed by atoms with E-state index in [1.165, 1.54) is 35.1 Å². The van der Waals surface area contributed by atoms with Gasteiger partial charge < -0.3 is 15.4 Å². The van der Waals surface area contributed by atoms with Crippen LogP contribution in [0.4, 0.5) is 10.7 Å². The van der Waals surface area contributed by atoms with Gasteiger partial charge in [-0.15, -0.1) is 23.1 Å². The Morgan fingerprint density at radius 3 is 2.50 bits per heavy atom.